The van der Waals surface area contributed by atoms with Gasteiger partial charge in [-0.2, -0.15) is 0 Å². The van der Waals surface area contributed by atoms with Crippen molar-refractivity contribution in [2.45, 2.75) is 36.6 Å². The van der Waals surface area contributed by atoms with E-state index in [0.717, 1.165) is 49.7 Å². The molecule has 9 heteroatoms. The van der Waals surface area contributed by atoms with Crippen molar-refractivity contribution in [1.82, 2.24) is 14.8 Å². The quantitative estimate of drug-likeness (QED) is 0.562. The number of thioether (sulfide) groups is 1. The summed E-state index contributed by atoms with van der Waals surface area (Å²) in [4.78, 5) is 14.9. The molecule has 0 saturated carbocycles. The van der Waals surface area contributed by atoms with Gasteiger partial charge in [0.25, 0.3) is 0 Å². The van der Waals surface area contributed by atoms with E-state index in [4.69, 9.17) is 0 Å². The molecule has 1 aliphatic rings. The number of rotatable bonds is 6. The molecule has 2 aromatic carbocycles. The Bertz CT molecular complexity index is 1050. The second-order valence-corrected chi connectivity index (χ2v) is 8.68. The molecule has 162 valence electrons. The zero-order valence-electron chi connectivity index (χ0n) is 17.1. The van der Waals surface area contributed by atoms with Crippen molar-refractivity contribution in [3.05, 3.63) is 60.2 Å². The number of carbonyl (C=O) groups is 1. The molecular formula is C22H23F2N5OS. The van der Waals surface area contributed by atoms with Gasteiger partial charge in [0, 0.05) is 19.2 Å². The molecule has 0 bridgehead atoms. The SMILES string of the molecule is CC(Sc1nnc(N2CCCCC2)n1-c1ccccc1)C(=O)Nc1ccc(F)cc1F. The summed E-state index contributed by atoms with van der Waals surface area (Å²) in [5.74, 6) is -1.16. The number of hydrogen-bond acceptors (Lipinski definition) is 5. The molecule has 3 aromatic rings. The topological polar surface area (TPSA) is 63.1 Å². The number of nitrogens with one attached hydrogen (secondary N) is 1. The number of anilines is 2. The van der Waals surface area contributed by atoms with Gasteiger partial charge < -0.3 is 10.2 Å². The van der Waals surface area contributed by atoms with E-state index in [1.54, 1.807) is 6.92 Å². The van der Waals surface area contributed by atoms with Crippen molar-refractivity contribution in [2.24, 2.45) is 0 Å². The third-order valence-electron chi connectivity index (χ3n) is 5.11. The standard InChI is InChI=1S/C22H23F2N5OS/c1-15(20(30)25-19-11-10-16(23)14-18(19)24)31-22-27-26-21(28-12-6-3-7-13-28)29(22)17-8-4-2-5-9-17/h2,4-5,8-11,14-15H,3,6-7,12-13H2,1H3,(H,25,30). The van der Waals surface area contributed by atoms with Gasteiger partial charge in [0.15, 0.2) is 5.16 Å². The largest absolute Gasteiger partial charge is 0.341 e. The fourth-order valence-corrected chi connectivity index (χ4v) is 4.34. The van der Waals surface area contributed by atoms with Crippen LogP contribution in [0.2, 0.25) is 0 Å². The molecule has 31 heavy (non-hydrogen) atoms. The van der Waals surface area contributed by atoms with Crippen molar-refractivity contribution < 1.29 is 13.6 Å². The molecule has 1 amide bonds. The minimum atomic E-state index is -0.814. The van der Waals surface area contributed by atoms with E-state index < -0.39 is 22.8 Å². The van der Waals surface area contributed by atoms with Gasteiger partial charge in [-0.05, 0) is 50.5 Å². The second-order valence-electron chi connectivity index (χ2n) is 7.37. The Morgan fingerprint density at radius 1 is 1.06 bits per heavy atom. The van der Waals surface area contributed by atoms with Crippen LogP contribution in [0.1, 0.15) is 26.2 Å². The number of halogens is 2. The minimum absolute atomic E-state index is 0.0580. The molecule has 6 nitrogen and oxygen atoms in total. The maximum Gasteiger partial charge on any atom is 0.237 e. The number of aromatic nitrogens is 3. The minimum Gasteiger partial charge on any atom is -0.341 e. The summed E-state index contributed by atoms with van der Waals surface area (Å²) in [6.45, 7) is 3.54. The van der Waals surface area contributed by atoms with E-state index in [9.17, 15) is 13.6 Å². The Labute approximate surface area is 183 Å². The average Bonchev–Trinajstić information content (AvgIpc) is 3.20. The Hall–Kier alpha value is -2.94. The number of piperidine rings is 1. The van der Waals surface area contributed by atoms with Gasteiger partial charge in [0.05, 0.1) is 16.6 Å². The highest BCUT2D eigenvalue weighted by atomic mass is 32.2. The first-order chi connectivity index (χ1) is 15.0. The smallest absolute Gasteiger partial charge is 0.237 e. The predicted octanol–water partition coefficient (Wildman–Crippen LogP) is 4.66. The molecule has 0 spiro atoms. The van der Waals surface area contributed by atoms with Crippen molar-refractivity contribution in [2.75, 3.05) is 23.3 Å². The van der Waals surface area contributed by atoms with Gasteiger partial charge in [-0.25, -0.2) is 8.78 Å². The molecule has 1 saturated heterocycles. The maximum absolute atomic E-state index is 13.9. The van der Waals surface area contributed by atoms with Crippen LogP contribution in [0.4, 0.5) is 20.4 Å². The van der Waals surface area contributed by atoms with Crippen LogP contribution in [-0.4, -0.2) is 39.0 Å². The lowest BCUT2D eigenvalue weighted by molar-refractivity contribution is -0.115. The zero-order valence-corrected chi connectivity index (χ0v) is 17.9. The number of carbonyl (C=O) groups excluding carboxylic acids is 1. The number of amides is 1. The van der Waals surface area contributed by atoms with Crippen molar-refractivity contribution in [1.29, 1.82) is 0 Å². The van der Waals surface area contributed by atoms with Crippen molar-refractivity contribution >= 4 is 29.3 Å². The van der Waals surface area contributed by atoms with Gasteiger partial charge in [-0.1, -0.05) is 30.0 Å². The molecule has 1 aliphatic heterocycles. The summed E-state index contributed by atoms with van der Waals surface area (Å²) >= 11 is 1.24. The lowest BCUT2D eigenvalue weighted by Gasteiger charge is -2.28. The Kier molecular flexibility index (Phi) is 6.50. The average molecular weight is 444 g/mol. The summed E-state index contributed by atoms with van der Waals surface area (Å²) in [6.07, 6.45) is 3.41. The van der Waals surface area contributed by atoms with Crippen LogP contribution in [-0.2, 0) is 4.79 Å². The van der Waals surface area contributed by atoms with Gasteiger partial charge in [0.2, 0.25) is 11.9 Å². The molecule has 1 aromatic heterocycles. The van der Waals surface area contributed by atoms with Gasteiger partial charge in [-0.15, -0.1) is 10.2 Å². The first kappa shape index (κ1) is 21.3. The van der Waals surface area contributed by atoms with Crippen LogP contribution in [0.15, 0.2) is 53.7 Å². The van der Waals surface area contributed by atoms with E-state index in [0.29, 0.717) is 5.16 Å². The van der Waals surface area contributed by atoms with Crippen LogP contribution >= 0.6 is 11.8 Å². The Morgan fingerprint density at radius 3 is 2.52 bits per heavy atom. The van der Waals surface area contributed by atoms with E-state index in [1.807, 2.05) is 34.9 Å². The lowest BCUT2D eigenvalue weighted by Crippen LogP contribution is -2.31. The molecular weight excluding hydrogens is 420 g/mol. The first-order valence-corrected chi connectivity index (χ1v) is 11.1. The van der Waals surface area contributed by atoms with E-state index in [-0.39, 0.29) is 5.69 Å². The third kappa shape index (κ3) is 4.87. The van der Waals surface area contributed by atoms with Crippen LogP contribution in [0, 0.1) is 11.6 Å². The fraction of sp³-hybridized carbons (Fsp3) is 0.318. The summed E-state index contributed by atoms with van der Waals surface area (Å²) in [5.41, 5.74) is 0.852. The fourth-order valence-electron chi connectivity index (χ4n) is 3.48. The summed E-state index contributed by atoms with van der Waals surface area (Å²) in [6, 6.07) is 12.8. The van der Waals surface area contributed by atoms with Gasteiger partial charge in [-0.3, -0.25) is 9.36 Å². The summed E-state index contributed by atoms with van der Waals surface area (Å²) in [5, 5.41) is 11.3. The van der Waals surface area contributed by atoms with E-state index >= 15 is 0 Å². The van der Waals surface area contributed by atoms with E-state index in [2.05, 4.69) is 20.4 Å². The highest BCUT2D eigenvalue weighted by Crippen LogP contribution is 2.31. The molecule has 1 N–H and O–H groups in total. The number of nitrogens with zero attached hydrogens (tertiary/aromatic N) is 4. The molecule has 4 rings (SSSR count). The molecule has 1 atom stereocenters. The molecule has 2 heterocycles. The van der Waals surface area contributed by atoms with Crippen LogP contribution in [0.5, 0.6) is 0 Å². The zero-order chi connectivity index (χ0) is 21.8. The molecule has 1 unspecified atom stereocenters. The van der Waals surface area contributed by atoms with Gasteiger partial charge >= 0.3 is 0 Å². The normalized spacial score (nSPS) is 15.0. The van der Waals surface area contributed by atoms with E-state index in [1.165, 1.54) is 24.2 Å². The highest BCUT2D eigenvalue weighted by molar-refractivity contribution is 8.00. The molecule has 1 fully saturated rings. The molecule has 0 radical (unpaired) electrons. The van der Waals surface area contributed by atoms with Crippen LogP contribution in [0.3, 0.4) is 0 Å². The lowest BCUT2D eigenvalue weighted by atomic mass is 10.1. The molecule has 0 aliphatic carbocycles. The number of hydrogen-bond donors (Lipinski definition) is 1. The third-order valence-corrected chi connectivity index (χ3v) is 6.15. The van der Waals surface area contributed by atoms with Crippen molar-refractivity contribution in [3.63, 3.8) is 0 Å². The Balaban J connectivity index is 1.57. The Morgan fingerprint density at radius 2 is 1.81 bits per heavy atom. The summed E-state index contributed by atoms with van der Waals surface area (Å²) in [7, 11) is 0. The maximum atomic E-state index is 13.9. The van der Waals surface area contributed by atoms with Crippen LogP contribution in [0.25, 0.3) is 5.69 Å². The number of benzene rings is 2. The van der Waals surface area contributed by atoms with Crippen LogP contribution < -0.4 is 10.2 Å². The van der Waals surface area contributed by atoms with Crippen molar-refractivity contribution in [3.8, 4) is 5.69 Å². The predicted molar refractivity (Wildman–Crippen MR) is 118 cm³/mol. The highest BCUT2D eigenvalue weighted by Gasteiger charge is 2.25. The monoisotopic (exact) mass is 443 g/mol. The number of para-hydroxylation sites is 1. The second kappa shape index (κ2) is 9.47. The summed E-state index contributed by atoms with van der Waals surface area (Å²) < 4.78 is 29.0. The van der Waals surface area contributed by atoms with Gasteiger partial charge in [0.1, 0.15) is 11.6 Å². The first-order valence-electron chi connectivity index (χ1n) is 10.2.